The molecule has 0 amide bonds. The van der Waals surface area contributed by atoms with E-state index in [1.54, 1.807) is 6.07 Å². The normalized spacial score (nSPS) is 11.2. The van der Waals surface area contributed by atoms with Crippen LogP contribution in [-0.2, 0) is 9.84 Å². The molecule has 0 aliphatic rings. The molecule has 1 aromatic heterocycles. The van der Waals surface area contributed by atoms with E-state index < -0.39 is 9.84 Å². The van der Waals surface area contributed by atoms with E-state index in [2.05, 4.69) is 10.3 Å². The molecule has 1 heterocycles. The first-order valence-corrected chi connectivity index (χ1v) is 7.59. The maximum Gasteiger partial charge on any atom is 0.215 e. The average molecular weight is 258 g/mol. The van der Waals surface area contributed by atoms with Gasteiger partial charge in [0.1, 0.15) is 15.7 Å². The molecule has 96 valence electrons. The molecule has 0 radical (unpaired) electrons. The van der Waals surface area contributed by atoms with Crippen molar-refractivity contribution in [3.8, 4) is 5.88 Å². The fourth-order valence-corrected chi connectivity index (χ4v) is 1.96. The first-order valence-electron chi connectivity index (χ1n) is 5.52. The van der Waals surface area contributed by atoms with E-state index in [1.807, 2.05) is 19.1 Å². The molecule has 0 saturated carbocycles. The summed E-state index contributed by atoms with van der Waals surface area (Å²) in [4.78, 5) is 4.21. The van der Waals surface area contributed by atoms with Crippen LogP contribution in [0.2, 0.25) is 0 Å². The van der Waals surface area contributed by atoms with Crippen LogP contribution in [0.4, 0.5) is 5.82 Å². The highest BCUT2D eigenvalue weighted by atomic mass is 32.2. The third-order valence-electron chi connectivity index (χ3n) is 2.01. The number of hydrogen-bond donors (Lipinski definition) is 1. The van der Waals surface area contributed by atoms with Gasteiger partial charge in [-0.1, -0.05) is 6.07 Å². The molecule has 0 aliphatic carbocycles. The van der Waals surface area contributed by atoms with Gasteiger partial charge in [0.25, 0.3) is 0 Å². The molecule has 0 spiro atoms. The van der Waals surface area contributed by atoms with Crippen molar-refractivity contribution in [2.24, 2.45) is 0 Å². The van der Waals surface area contributed by atoms with E-state index in [1.165, 1.54) is 6.26 Å². The average Bonchev–Trinajstić information content (AvgIpc) is 2.24. The molecule has 0 aromatic carbocycles. The number of rotatable bonds is 7. The summed E-state index contributed by atoms with van der Waals surface area (Å²) in [5, 5.41) is 3.06. The van der Waals surface area contributed by atoms with Gasteiger partial charge in [-0.05, 0) is 19.4 Å². The van der Waals surface area contributed by atoms with Crippen molar-refractivity contribution in [3.63, 3.8) is 0 Å². The minimum absolute atomic E-state index is 0.186. The van der Waals surface area contributed by atoms with E-state index in [-0.39, 0.29) is 5.75 Å². The second kappa shape index (κ2) is 6.44. The highest BCUT2D eigenvalue weighted by Gasteiger charge is 2.02. The lowest BCUT2D eigenvalue weighted by Gasteiger charge is -2.07. The fourth-order valence-electron chi connectivity index (χ4n) is 1.29. The number of nitrogens with zero attached hydrogens (tertiary/aromatic N) is 1. The summed E-state index contributed by atoms with van der Waals surface area (Å²) in [5.41, 5.74) is 0. The van der Waals surface area contributed by atoms with Gasteiger partial charge in [0.15, 0.2) is 0 Å². The Hall–Kier alpha value is -1.30. The quantitative estimate of drug-likeness (QED) is 0.747. The summed E-state index contributed by atoms with van der Waals surface area (Å²) in [7, 11) is -2.88. The van der Waals surface area contributed by atoms with Gasteiger partial charge >= 0.3 is 0 Å². The van der Waals surface area contributed by atoms with Crippen LogP contribution in [0.5, 0.6) is 5.88 Å². The van der Waals surface area contributed by atoms with Gasteiger partial charge in [-0.2, -0.15) is 4.98 Å². The fraction of sp³-hybridized carbons (Fsp3) is 0.545. The monoisotopic (exact) mass is 258 g/mol. The van der Waals surface area contributed by atoms with Gasteiger partial charge in [-0.25, -0.2) is 8.42 Å². The van der Waals surface area contributed by atoms with Gasteiger partial charge in [0.2, 0.25) is 5.88 Å². The Morgan fingerprint density at radius 1 is 1.41 bits per heavy atom. The molecular formula is C11H18N2O3S. The molecular weight excluding hydrogens is 240 g/mol. The lowest BCUT2D eigenvalue weighted by Crippen LogP contribution is -2.10. The number of aromatic nitrogens is 1. The molecule has 1 rings (SSSR count). The lowest BCUT2D eigenvalue weighted by atomic mass is 10.4. The largest absolute Gasteiger partial charge is 0.478 e. The van der Waals surface area contributed by atoms with Gasteiger partial charge in [-0.15, -0.1) is 0 Å². The van der Waals surface area contributed by atoms with Crippen LogP contribution in [0.15, 0.2) is 18.2 Å². The summed E-state index contributed by atoms with van der Waals surface area (Å²) in [6.45, 7) is 3.05. The van der Waals surface area contributed by atoms with Crippen molar-refractivity contribution < 1.29 is 13.2 Å². The molecule has 0 aliphatic heterocycles. The van der Waals surface area contributed by atoms with Crippen LogP contribution in [0.1, 0.15) is 13.3 Å². The number of ether oxygens (including phenoxy) is 1. The minimum atomic E-state index is -2.88. The zero-order valence-corrected chi connectivity index (χ0v) is 11.0. The summed E-state index contributed by atoms with van der Waals surface area (Å²) in [6, 6.07) is 5.45. The smallest absolute Gasteiger partial charge is 0.215 e. The van der Waals surface area contributed by atoms with E-state index in [9.17, 15) is 8.42 Å². The number of nitrogens with one attached hydrogen (secondary N) is 1. The Morgan fingerprint density at radius 3 is 2.82 bits per heavy atom. The molecule has 17 heavy (non-hydrogen) atoms. The summed E-state index contributed by atoms with van der Waals surface area (Å²) >= 11 is 0. The number of pyridine rings is 1. The molecule has 6 heteroatoms. The Bertz CT molecular complexity index is 446. The SMILES string of the molecule is CCOc1cccc(NCCCS(C)(=O)=O)n1. The second-order valence-corrected chi connectivity index (χ2v) is 5.96. The molecule has 5 nitrogen and oxygen atoms in total. The van der Waals surface area contributed by atoms with Crippen LogP contribution < -0.4 is 10.1 Å². The Balaban J connectivity index is 2.38. The van der Waals surface area contributed by atoms with Crippen molar-refractivity contribution in [3.05, 3.63) is 18.2 Å². The Labute approximate surface area is 102 Å². The first kappa shape index (κ1) is 13.8. The lowest BCUT2D eigenvalue weighted by molar-refractivity contribution is 0.327. The van der Waals surface area contributed by atoms with Crippen LogP contribution in [0.25, 0.3) is 0 Å². The van der Waals surface area contributed by atoms with Gasteiger partial charge < -0.3 is 10.1 Å². The third-order valence-corrected chi connectivity index (χ3v) is 3.04. The van der Waals surface area contributed by atoms with Crippen LogP contribution in [-0.4, -0.2) is 38.6 Å². The number of hydrogen-bond acceptors (Lipinski definition) is 5. The van der Waals surface area contributed by atoms with E-state index in [4.69, 9.17) is 4.74 Å². The summed E-state index contributed by atoms with van der Waals surface area (Å²) < 4.78 is 27.1. The standard InChI is InChI=1S/C11H18N2O3S/c1-3-16-11-7-4-6-10(13-11)12-8-5-9-17(2,14)15/h4,6-7H,3,5,8-9H2,1-2H3,(H,12,13). The maximum absolute atomic E-state index is 10.9. The van der Waals surface area contributed by atoms with E-state index >= 15 is 0 Å². The highest BCUT2D eigenvalue weighted by molar-refractivity contribution is 7.90. The summed E-state index contributed by atoms with van der Waals surface area (Å²) in [5.74, 6) is 1.45. The van der Waals surface area contributed by atoms with Crippen LogP contribution in [0.3, 0.4) is 0 Å². The maximum atomic E-state index is 10.9. The van der Waals surface area contributed by atoms with Crippen molar-refractivity contribution in [1.82, 2.24) is 4.98 Å². The molecule has 0 fully saturated rings. The topological polar surface area (TPSA) is 68.3 Å². The highest BCUT2D eigenvalue weighted by Crippen LogP contribution is 2.11. The van der Waals surface area contributed by atoms with Crippen molar-refractivity contribution in [2.75, 3.05) is 30.5 Å². The summed E-state index contributed by atoms with van der Waals surface area (Å²) in [6.07, 6.45) is 1.81. The molecule has 0 bridgehead atoms. The molecule has 0 unspecified atom stereocenters. The van der Waals surface area contributed by atoms with Crippen molar-refractivity contribution in [1.29, 1.82) is 0 Å². The predicted octanol–water partition coefficient (Wildman–Crippen LogP) is 1.33. The van der Waals surface area contributed by atoms with Gasteiger partial charge in [0.05, 0.1) is 12.4 Å². The van der Waals surface area contributed by atoms with Crippen molar-refractivity contribution in [2.45, 2.75) is 13.3 Å². The van der Waals surface area contributed by atoms with Gasteiger partial charge in [0, 0.05) is 18.9 Å². The van der Waals surface area contributed by atoms with Crippen LogP contribution in [0, 0.1) is 0 Å². The molecule has 0 atom stereocenters. The zero-order chi connectivity index (χ0) is 12.7. The zero-order valence-electron chi connectivity index (χ0n) is 10.1. The third kappa shape index (κ3) is 6.11. The minimum Gasteiger partial charge on any atom is -0.478 e. The molecule has 1 N–H and O–H groups in total. The predicted molar refractivity (Wildman–Crippen MR) is 68.2 cm³/mol. The van der Waals surface area contributed by atoms with Gasteiger partial charge in [-0.3, -0.25) is 0 Å². The van der Waals surface area contributed by atoms with Crippen LogP contribution >= 0.6 is 0 Å². The number of sulfone groups is 1. The van der Waals surface area contributed by atoms with E-state index in [0.717, 1.165) is 0 Å². The Kier molecular flexibility index (Phi) is 5.21. The first-order chi connectivity index (χ1) is 8.01. The van der Waals surface area contributed by atoms with E-state index in [0.29, 0.717) is 31.3 Å². The molecule has 1 aromatic rings. The molecule has 0 saturated heterocycles. The van der Waals surface area contributed by atoms with Crippen molar-refractivity contribution >= 4 is 15.7 Å². The second-order valence-electron chi connectivity index (χ2n) is 3.70. The number of anilines is 1. The Morgan fingerprint density at radius 2 is 2.18 bits per heavy atom.